The predicted molar refractivity (Wildman–Crippen MR) is 49.5 cm³/mol. The van der Waals surface area contributed by atoms with Crippen molar-refractivity contribution in [1.82, 2.24) is 0 Å². The molecule has 78 valence electrons. The Kier molecular flexibility index (Phi) is 3.68. The highest BCUT2D eigenvalue weighted by Gasteiger charge is 2.25. The number of esters is 2. The molecule has 0 radical (unpaired) electrons. The first-order valence-corrected chi connectivity index (χ1v) is 4.68. The molecular formula is C10H14O4. The van der Waals surface area contributed by atoms with E-state index in [0.717, 1.165) is 0 Å². The smallest absolute Gasteiger partial charge is 0.333 e. The molecule has 0 aliphatic carbocycles. The Hall–Kier alpha value is -1.32. The second kappa shape index (κ2) is 4.79. The molecule has 1 atom stereocenters. The zero-order chi connectivity index (χ0) is 10.6. The van der Waals surface area contributed by atoms with E-state index >= 15 is 0 Å². The number of carbonyl (C=O) groups excluding carboxylic acids is 2. The predicted octanol–water partition coefficient (Wildman–Crippen LogP) is 1.20. The van der Waals surface area contributed by atoms with E-state index in [1.807, 2.05) is 0 Å². The molecule has 1 fully saturated rings. The van der Waals surface area contributed by atoms with Crippen molar-refractivity contribution in [3.63, 3.8) is 0 Å². The maximum Gasteiger partial charge on any atom is 0.333 e. The third kappa shape index (κ3) is 2.87. The van der Waals surface area contributed by atoms with Crippen LogP contribution >= 0.6 is 0 Å². The Morgan fingerprint density at radius 2 is 2.43 bits per heavy atom. The van der Waals surface area contributed by atoms with Gasteiger partial charge in [0.1, 0.15) is 6.10 Å². The van der Waals surface area contributed by atoms with Crippen molar-refractivity contribution in [3.8, 4) is 0 Å². The van der Waals surface area contributed by atoms with Crippen LogP contribution in [0.1, 0.15) is 26.2 Å². The normalized spacial score (nSPS) is 20.4. The fraction of sp³-hybridized carbons (Fsp3) is 0.600. The van der Waals surface area contributed by atoms with Gasteiger partial charge in [-0.3, -0.25) is 4.79 Å². The lowest BCUT2D eigenvalue weighted by atomic mass is 10.1. The van der Waals surface area contributed by atoms with Crippen molar-refractivity contribution in [3.05, 3.63) is 12.2 Å². The highest BCUT2D eigenvalue weighted by atomic mass is 16.6. The number of hydrogen-bond acceptors (Lipinski definition) is 4. The van der Waals surface area contributed by atoms with Gasteiger partial charge in [0.15, 0.2) is 0 Å². The van der Waals surface area contributed by atoms with Crippen molar-refractivity contribution in [1.29, 1.82) is 0 Å². The van der Waals surface area contributed by atoms with Gasteiger partial charge in [-0.2, -0.15) is 0 Å². The van der Waals surface area contributed by atoms with Gasteiger partial charge in [0.25, 0.3) is 0 Å². The molecule has 14 heavy (non-hydrogen) atoms. The van der Waals surface area contributed by atoms with Gasteiger partial charge >= 0.3 is 11.9 Å². The molecule has 0 bridgehead atoms. The molecule has 4 nitrogen and oxygen atoms in total. The summed E-state index contributed by atoms with van der Waals surface area (Å²) < 4.78 is 9.71. The van der Waals surface area contributed by atoms with Crippen LogP contribution in [0.5, 0.6) is 0 Å². The van der Waals surface area contributed by atoms with E-state index < -0.39 is 5.97 Å². The highest BCUT2D eigenvalue weighted by Crippen LogP contribution is 2.20. The van der Waals surface area contributed by atoms with Crippen LogP contribution in [0, 0.1) is 0 Å². The van der Waals surface area contributed by atoms with E-state index in [0.29, 0.717) is 31.4 Å². The lowest BCUT2D eigenvalue weighted by Crippen LogP contribution is -2.14. The van der Waals surface area contributed by atoms with E-state index in [4.69, 9.17) is 9.47 Å². The van der Waals surface area contributed by atoms with Gasteiger partial charge < -0.3 is 9.47 Å². The zero-order valence-corrected chi connectivity index (χ0v) is 8.25. The van der Waals surface area contributed by atoms with Gasteiger partial charge in [0.2, 0.25) is 0 Å². The lowest BCUT2D eigenvalue weighted by Gasteiger charge is -2.10. The molecule has 0 amide bonds. The number of cyclic esters (lactones) is 1. The van der Waals surface area contributed by atoms with Crippen molar-refractivity contribution in [2.24, 2.45) is 0 Å². The maximum atomic E-state index is 11.2. The molecule has 4 heteroatoms. The van der Waals surface area contributed by atoms with Crippen LogP contribution in [0.25, 0.3) is 0 Å². The summed E-state index contributed by atoms with van der Waals surface area (Å²) in [5.41, 5.74) is 0.367. The van der Waals surface area contributed by atoms with Crippen molar-refractivity contribution in [2.75, 3.05) is 6.61 Å². The van der Waals surface area contributed by atoms with Crippen LogP contribution in [0.4, 0.5) is 0 Å². The van der Waals surface area contributed by atoms with Crippen molar-refractivity contribution < 1.29 is 19.1 Å². The molecule has 1 heterocycles. The first-order chi connectivity index (χ1) is 6.63. The number of rotatable bonds is 4. The minimum absolute atomic E-state index is 0.195. The monoisotopic (exact) mass is 198 g/mol. The fourth-order valence-corrected chi connectivity index (χ4v) is 1.32. The highest BCUT2D eigenvalue weighted by molar-refractivity contribution is 5.87. The van der Waals surface area contributed by atoms with E-state index in [-0.39, 0.29) is 12.1 Å². The molecule has 1 rings (SSSR count). The first-order valence-electron chi connectivity index (χ1n) is 4.68. The first kappa shape index (κ1) is 10.8. The largest absolute Gasteiger partial charge is 0.463 e. The molecule has 1 saturated heterocycles. The lowest BCUT2D eigenvalue weighted by molar-refractivity contribution is -0.143. The summed E-state index contributed by atoms with van der Waals surface area (Å²) in [6, 6.07) is 0. The minimum Gasteiger partial charge on any atom is -0.463 e. The van der Waals surface area contributed by atoms with Gasteiger partial charge in [0, 0.05) is 18.4 Å². The summed E-state index contributed by atoms with van der Waals surface area (Å²) in [7, 11) is 0. The second-order valence-electron chi connectivity index (χ2n) is 3.18. The van der Waals surface area contributed by atoms with Crippen molar-refractivity contribution in [2.45, 2.75) is 32.3 Å². The van der Waals surface area contributed by atoms with E-state index in [2.05, 4.69) is 6.58 Å². The minimum atomic E-state index is -0.407. The van der Waals surface area contributed by atoms with Crippen LogP contribution in [0.2, 0.25) is 0 Å². The summed E-state index contributed by atoms with van der Waals surface area (Å²) in [5.74, 6) is -0.609. The van der Waals surface area contributed by atoms with E-state index in [1.165, 1.54) is 0 Å². The fourth-order valence-electron chi connectivity index (χ4n) is 1.32. The van der Waals surface area contributed by atoms with Crippen molar-refractivity contribution >= 4 is 11.9 Å². The molecule has 0 spiro atoms. The Morgan fingerprint density at radius 3 is 2.93 bits per heavy atom. The third-order valence-corrected chi connectivity index (χ3v) is 2.01. The van der Waals surface area contributed by atoms with Gasteiger partial charge in [-0.25, -0.2) is 4.79 Å². The molecular weight excluding hydrogens is 184 g/mol. The summed E-state index contributed by atoms with van der Waals surface area (Å²) in [4.78, 5) is 21.9. The summed E-state index contributed by atoms with van der Waals surface area (Å²) in [6.45, 7) is 5.67. The second-order valence-corrected chi connectivity index (χ2v) is 3.18. The number of ether oxygens (including phenoxy) is 2. The Morgan fingerprint density at radius 1 is 1.71 bits per heavy atom. The average Bonchev–Trinajstić information content (AvgIpc) is 2.51. The molecule has 0 saturated carbocycles. The summed E-state index contributed by atoms with van der Waals surface area (Å²) >= 11 is 0. The summed E-state index contributed by atoms with van der Waals surface area (Å²) in [6.07, 6.45) is 1.28. The molecule has 1 aliphatic heterocycles. The van der Waals surface area contributed by atoms with Crippen LogP contribution in [0.3, 0.4) is 0 Å². The third-order valence-electron chi connectivity index (χ3n) is 2.01. The number of carbonyl (C=O) groups is 2. The Bertz CT molecular complexity index is 257. The summed E-state index contributed by atoms with van der Waals surface area (Å²) in [5, 5.41) is 0. The van der Waals surface area contributed by atoms with Crippen LogP contribution in [-0.4, -0.2) is 24.6 Å². The molecule has 0 aromatic heterocycles. The standard InChI is InChI=1S/C10H14O4/c1-3-13-10(12)7(2)6-8-4-5-9(11)14-8/h8H,2-6H2,1H3. The zero-order valence-electron chi connectivity index (χ0n) is 8.25. The Labute approximate surface area is 82.9 Å². The molecule has 1 aliphatic rings. The van der Waals surface area contributed by atoms with Crippen LogP contribution < -0.4 is 0 Å². The average molecular weight is 198 g/mol. The van der Waals surface area contributed by atoms with E-state index in [1.54, 1.807) is 6.92 Å². The molecule has 0 N–H and O–H groups in total. The quantitative estimate of drug-likeness (QED) is 0.503. The van der Waals surface area contributed by atoms with Gasteiger partial charge in [-0.05, 0) is 13.3 Å². The maximum absolute atomic E-state index is 11.2. The number of hydrogen-bond donors (Lipinski definition) is 0. The van der Waals surface area contributed by atoms with E-state index in [9.17, 15) is 9.59 Å². The van der Waals surface area contributed by atoms with Gasteiger partial charge in [0.05, 0.1) is 6.61 Å². The molecule has 1 unspecified atom stereocenters. The topological polar surface area (TPSA) is 52.6 Å². The van der Waals surface area contributed by atoms with Gasteiger partial charge in [-0.1, -0.05) is 6.58 Å². The van der Waals surface area contributed by atoms with Crippen LogP contribution in [-0.2, 0) is 19.1 Å². The molecule has 0 aromatic carbocycles. The van der Waals surface area contributed by atoms with Gasteiger partial charge in [-0.15, -0.1) is 0 Å². The van der Waals surface area contributed by atoms with Crippen LogP contribution in [0.15, 0.2) is 12.2 Å². The Balaban J connectivity index is 2.33. The molecule has 0 aromatic rings. The SMILES string of the molecule is C=C(CC1CCC(=O)O1)C(=O)OCC.